The Morgan fingerprint density at radius 3 is 2.39 bits per heavy atom. The Kier molecular flexibility index (Phi) is 11.1. The first-order chi connectivity index (χ1) is 15.5. The number of hydrogen-bond acceptors (Lipinski definition) is 4. The predicted octanol–water partition coefficient (Wildman–Crippen LogP) is 3.40. The SMILES string of the molecule is CCC(CC)C(=O)N1CCC(NC(=NCc2ccccc2)NCc2nnc(C)n2C)CC1.I. The van der Waals surface area contributed by atoms with Crippen molar-refractivity contribution in [3.05, 3.63) is 47.5 Å². The summed E-state index contributed by atoms with van der Waals surface area (Å²) < 4.78 is 1.98. The molecule has 0 unspecified atom stereocenters. The number of aryl methyl sites for hydroxylation is 1. The number of hydrogen-bond donors (Lipinski definition) is 2. The van der Waals surface area contributed by atoms with E-state index in [0.717, 1.165) is 61.9 Å². The Morgan fingerprint density at radius 1 is 1.15 bits per heavy atom. The zero-order chi connectivity index (χ0) is 22.9. The van der Waals surface area contributed by atoms with E-state index in [0.29, 0.717) is 19.0 Å². The van der Waals surface area contributed by atoms with E-state index >= 15 is 0 Å². The number of nitrogens with zero attached hydrogens (tertiary/aromatic N) is 5. The number of carbonyl (C=O) groups excluding carboxylic acids is 1. The molecule has 2 heterocycles. The first-order valence-electron chi connectivity index (χ1n) is 11.7. The molecular weight excluding hydrogens is 529 g/mol. The van der Waals surface area contributed by atoms with Crippen molar-refractivity contribution < 1.29 is 4.79 Å². The third-order valence-corrected chi connectivity index (χ3v) is 6.34. The maximum Gasteiger partial charge on any atom is 0.225 e. The second kappa shape index (κ2) is 13.5. The summed E-state index contributed by atoms with van der Waals surface area (Å²) in [5, 5.41) is 15.4. The molecule has 1 aliphatic rings. The summed E-state index contributed by atoms with van der Waals surface area (Å²) in [6.45, 7) is 8.86. The summed E-state index contributed by atoms with van der Waals surface area (Å²) in [6, 6.07) is 10.5. The first-order valence-corrected chi connectivity index (χ1v) is 11.7. The molecule has 1 aromatic carbocycles. The monoisotopic (exact) mass is 567 g/mol. The molecule has 8 nitrogen and oxygen atoms in total. The van der Waals surface area contributed by atoms with Crippen LogP contribution in [0.1, 0.15) is 56.7 Å². The minimum atomic E-state index is 0. The normalized spacial score (nSPS) is 14.8. The van der Waals surface area contributed by atoms with Crippen LogP contribution < -0.4 is 10.6 Å². The summed E-state index contributed by atoms with van der Waals surface area (Å²) in [5.74, 6) is 2.97. The van der Waals surface area contributed by atoms with Gasteiger partial charge in [0.25, 0.3) is 0 Å². The van der Waals surface area contributed by atoms with Gasteiger partial charge in [0.05, 0.1) is 13.1 Å². The first kappa shape index (κ1) is 27.1. The Bertz CT molecular complexity index is 887. The van der Waals surface area contributed by atoms with Gasteiger partial charge in [0.2, 0.25) is 5.91 Å². The number of amides is 1. The van der Waals surface area contributed by atoms with Crippen molar-refractivity contribution in [2.75, 3.05) is 13.1 Å². The van der Waals surface area contributed by atoms with Gasteiger partial charge in [-0.1, -0.05) is 44.2 Å². The molecule has 2 N–H and O–H groups in total. The quantitative estimate of drug-likeness (QED) is 0.290. The third kappa shape index (κ3) is 7.68. The standard InChI is InChI=1S/C24H37N7O.HI/c1-5-20(6-2)23(32)31-14-12-21(13-15-31)27-24(25-16-19-10-8-7-9-11-19)26-17-22-29-28-18(3)30(22)4;/h7-11,20-21H,5-6,12-17H2,1-4H3,(H2,25,26,27);1H. The third-order valence-electron chi connectivity index (χ3n) is 6.34. The predicted molar refractivity (Wildman–Crippen MR) is 142 cm³/mol. The number of benzene rings is 1. The van der Waals surface area contributed by atoms with Crippen molar-refractivity contribution in [1.82, 2.24) is 30.3 Å². The lowest BCUT2D eigenvalue weighted by Crippen LogP contribution is -2.50. The number of aliphatic imine (C=N–C) groups is 1. The van der Waals surface area contributed by atoms with E-state index < -0.39 is 0 Å². The van der Waals surface area contributed by atoms with Crippen molar-refractivity contribution in [3.8, 4) is 0 Å². The van der Waals surface area contributed by atoms with Gasteiger partial charge in [0, 0.05) is 32.1 Å². The molecule has 182 valence electrons. The summed E-state index contributed by atoms with van der Waals surface area (Å²) >= 11 is 0. The molecule has 9 heteroatoms. The van der Waals surface area contributed by atoms with Gasteiger partial charge in [0.1, 0.15) is 5.82 Å². The minimum Gasteiger partial charge on any atom is -0.354 e. The van der Waals surface area contributed by atoms with E-state index in [9.17, 15) is 4.79 Å². The van der Waals surface area contributed by atoms with Crippen LogP contribution >= 0.6 is 24.0 Å². The highest BCUT2D eigenvalue weighted by Gasteiger charge is 2.27. The molecule has 33 heavy (non-hydrogen) atoms. The van der Waals surface area contributed by atoms with Gasteiger partial charge < -0.3 is 20.1 Å². The van der Waals surface area contributed by atoms with E-state index in [1.54, 1.807) is 0 Å². The number of halogens is 1. The van der Waals surface area contributed by atoms with E-state index in [1.807, 2.05) is 41.6 Å². The Balaban J connectivity index is 0.00000385. The van der Waals surface area contributed by atoms with Gasteiger partial charge in [-0.25, -0.2) is 4.99 Å². The number of guanidine groups is 1. The number of aromatic nitrogens is 3. The molecule has 1 fully saturated rings. The van der Waals surface area contributed by atoms with E-state index in [4.69, 9.17) is 4.99 Å². The van der Waals surface area contributed by atoms with Crippen LogP contribution in [-0.2, 0) is 24.9 Å². The lowest BCUT2D eigenvalue weighted by atomic mass is 9.98. The van der Waals surface area contributed by atoms with Crippen molar-refractivity contribution >= 4 is 35.8 Å². The minimum absolute atomic E-state index is 0. The van der Waals surface area contributed by atoms with Gasteiger partial charge in [-0.3, -0.25) is 4.79 Å². The van der Waals surface area contributed by atoms with Crippen LogP contribution in [0.4, 0.5) is 0 Å². The molecule has 0 aliphatic carbocycles. The Morgan fingerprint density at radius 2 is 1.82 bits per heavy atom. The fraction of sp³-hybridized carbons (Fsp3) is 0.583. The molecule has 1 amide bonds. The number of nitrogens with one attached hydrogen (secondary N) is 2. The van der Waals surface area contributed by atoms with Gasteiger partial charge in [-0.15, -0.1) is 34.2 Å². The molecule has 1 aromatic heterocycles. The molecule has 0 radical (unpaired) electrons. The molecule has 1 saturated heterocycles. The van der Waals surface area contributed by atoms with E-state index in [1.165, 1.54) is 0 Å². The summed E-state index contributed by atoms with van der Waals surface area (Å²) in [5.41, 5.74) is 1.16. The molecule has 3 rings (SSSR count). The molecular formula is C24H38IN7O. The van der Waals surface area contributed by atoms with E-state index in [-0.39, 0.29) is 35.9 Å². The van der Waals surface area contributed by atoms with Crippen molar-refractivity contribution in [3.63, 3.8) is 0 Å². The highest BCUT2D eigenvalue weighted by molar-refractivity contribution is 14.0. The second-order valence-electron chi connectivity index (χ2n) is 8.48. The van der Waals surface area contributed by atoms with Crippen LogP contribution in [0.2, 0.25) is 0 Å². The number of piperidine rings is 1. The maximum absolute atomic E-state index is 12.7. The van der Waals surface area contributed by atoms with Gasteiger partial charge in [0.15, 0.2) is 11.8 Å². The fourth-order valence-electron chi connectivity index (χ4n) is 4.01. The van der Waals surface area contributed by atoms with Crippen LogP contribution in [-0.4, -0.2) is 50.7 Å². The van der Waals surface area contributed by atoms with Crippen molar-refractivity contribution in [2.24, 2.45) is 18.0 Å². The Hall–Kier alpha value is -2.17. The van der Waals surface area contributed by atoms with Crippen molar-refractivity contribution in [1.29, 1.82) is 0 Å². The smallest absolute Gasteiger partial charge is 0.225 e. The molecule has 0 atom stereocenters. The molecule has 0 bridgehead atoms. The summed E-state index contributed by atoms with van der Waals surface area (Å²) in [6.07, 6.45) is 3.66. The second-order valence-corrected chi connectivity index (χ2v) is 8.48. The number of carbonyl (C=O) groups is 1. The highest BCUT2D eigenvalue weighted by Crippen LogP contribution is 2.17. The van der Waals surface area contributed by atoms with Gasteiger partial charge in [-0.2, -0.15) is 0 Å². The van der Waals surface area contributed by atoms with Crippen LogP contribution in [0.25, 0.3) is 0 Å². The lowest BCUT2D eigenvalue weighted by molar-refractivity contribution is -0.136. The Labute approximate surface area is 214 Å². The van der Waals surface area contributed by atoms with Crippen LogP contribution in [0.3, 0.4) is 0 Å². The zero-order valence-electron chi connectivity index (χ0n) is 20.3. The van der Waals surface area contributed by atoms with Gasteiger partial charge >= 0.3 is 0 Å². The molecule has 1 aliphatic heterocycles. The van der Waals surface area contributed by atoms with Crippen LogP contribution in [0.5, 0.6) is 0 Å². The van der Waals surface area contributed by atoms with Crippen LogP contribution in [0.15, 0.2) is 35.3 Å². The lowest BCUT2D eigenvalue weighted by Gasteiger charge is -2.35. The largest absolute Gasteiger partial charge is 0.354 e. The summed E-state index contributed by atoms with van der Waals surface area (Å²) in [4.78, 5) is 19.5. The zero-order valence-corrected chi connectivity index (χ0v) is 22.6. The fourth-order valence-corrected chi connectivity index (χ4v) is 4.01. The topological polar surface area (TPSA) is 87.4 Å². The molecule has 0 spiro atoms. The van der Waals surface area contributed by atoms with Gasteiger partial charge in [-0.05, 0) is 38.2 Å². The molecule has 0 saturated carbocycles. The summed E-state index contributed by atoms with van der Waals surface area (Å²) in [7, 11) is 1.97. The van der Waals surface area contributed by atoms with Crippen molar-refractivity contribution in [2.45, 2.75) is 65.6 Å². The maximum atomic E-state index is 12.7. The van der Waals surface area contributed by atoms with Crippen LogP contribution in [0, 0.1) is 12.8 Å². The average molecular weight is 568 g/mol. The average Bonchev–Trinajstić information content (AvgIpc) is 3.15. The highest BCUT2D eigenvalue weighted by atomic mass is 127. The van der Waals surface area contributed by atoms with E-state index in [2.05, 4.69) is 46.8 Å². The number of rotatable bonds is 8. The molecule has 2 aromatic rings. The number of likely N-dealkylation sites (tertiary alicyclic amines) is 1.